The van der Waals surface area contributed by atoms with Crippen molar-refractivity contribution in [3.05, 3.63) is 47.3 Å². The lowest BCUT2D eigenvalue weighted by molar-refractivity contribution is 0.111. The van der Waals surface area contributed by atoms with Gasteiger partial charge in [-0.1, -0.05) is 18.1 Å². The molecule has 2 rings (SSSR count). The van der Waals surface area contributed by atoms with Gasteiger partial charge in [-0.3, -0.25) is 4.79 Å². The van der Waals surface area contributed by atoms with Crippen molar-refractivity contribution in [2.24, 2.45) is 0 Å². The van der Waals surface area contributed by atoms with Gasteiger partial charge in [0.1, 0.15) is 24.3 Å². The van der Waals surface area contributed by atoms with Crippen LogP contribution in [0.25, 0.3) is 0 Å². The van der Waals surface area contributed by atoms with Crippen molar-refractivity contribution in [1.29, 1.82) is 0 Å². The molecule has 0 unspecified atom stereocenters. The molecule has 0 aliphatic rings. The molecule has 1 heterocycles. The summed E-state index contributed by atoms with van der Waals surface area (Å²) < 4.78 is 5.45. The van der Waals surface area contributed by atoms with Gasteiger partial charge in [0, 0.05) is 5.56 Å². The summed E-state index contributed by atoms with van der Waals surface area (Å²) in [6.45, 7) is 0.266. The Kier molecular flexibility index (Phi) is 3.74. The first kappa shape index (κ1) is 12.6. The number of rotatable bonds is 4. The Morgan fingerprint density at radius 2 is 2.05 bits per heavy atom. The van der Waals surface area contributed by atoms with Crippen LogP contribution in [0.5, 0.6) is 5.88 Å². The Bertz CT molecular complexity index is 630. The molecule has 0 saturated carbocycles. The smallest absolute Gasteiger partial charge is 0.229 e. The van der Waals surface area contributed by atoms with Crippen molar-refractivity contribution < 1.29 is 9.53 Å². The summed E-state index contributed by atoms with van der Waals surface area (Å²) >= 11 is 0. The molecule has 1 aromatic carbocycles. The van der Waals surface area contributed by atoms with Gasteiger partial charge in [0.25, 0.3) is 0 Å². The second-order valence-electron chi connectivity index (χ2n) is 3.73. The first-order chi connectivity index (χ1) is 9.24. The van der Waals surface area contributed by atoms with E-state index in [1.807, 2.05) is 24.3 Å². The Balaban J connectivity index is 2.12. The van der Waals surface area contributed by atoms with Crippen LogP contribution in [0.4, 0.5) is 5.82 Å². The number of nitrogens with zero attached hydrogens (tertiary/aromatic N) is 2. The summed E-state index contributed by atoms with van der Waals surface area (Å²) in [7, 11) is 0. The molecule has 2 N–H and O–H groups in total. The average molecular weight is 253 g/mol. The highest BCUT2D eigenvalue weighted by Gasteiger charge is 2.09. The molecular formula is C14H11N3O2. The molecule has 0 aliphatic carbocycles. The van der Waals surface area contributed by atoms with Crippen LogP contribution in [0.2, 0.25) is 0 Å². The fourth-order valence-electron chi connectivity index (χ4n) is 1.47. The molecule has 19 heavy (non-hydrogen) atoms. The molecule has 2 aromatic rings. The van der Waals surface area contributed by atoms with Crippen molar-refractivity contribution in [3.63, 3.8) is 0 Å². The zero-order chi connectivity index (χ0) is 13.7. The molecule has 0 bridgehead atoms. The number of hydrogen-bond donors (Lipinski definition) is 1. The van der Waals surface area contributed by atoms with Crippen LogP contribution in [-0.2, 0) is 6.61 Å². The van der Waals surface area contributed by atoms with Crippen LogP contribution in [0.3, 0.4) is 0 Å². The minimum Gasteiger partial charge on any atom is -0.472 e. The first-order valence-electron chi connectivity index (χ1n) is 5.48. The minimum absolute atomic E-state index is 0.0997. The van der Waals surface area contributed by atoms with Gasteiger partial charge in [-0.25, -0.2) is 9.97 Å². The fourth-order valence-corrected chi connectivity index (χ4v) is 1.47. The number of terminal acetylenes is 1. The molecule has 1 aromatic heterocycles. The number of nitrogen functional groups attached to an aromatic ring is 1. The van der Waals surface area contributed by atoms with E-state index in [0.29, 0.717) is 6.29 Å². The van der Waals surface area contributed by atoms with Crippen LogP contribution < -0.4 is 10.5 Å². The van der Waals surface area contributed by atoms with Gasteiger partial charge in [0.2, 0.25) is 5.88 Å². The molecule has 0 spiro atoms. The maximum atomic E-state index is 10.9. The third kappa shape index (κ3) is 2.87. The third-order valence-corrected chi connectivity index (χ3v) is 2.49. The van der Waals surface area contributed by atoms with Gasteiger partial charge in [-0.2, -0.15) is 0 Å². The van der Waals surface area contributed by atoms with E-state index in [1.54, 1.807) is 0 Å². The normalized spacial score (nSPS) is 9.63. The maximum absolute atomic E-state index is 10.9. The lowest BCUT2D eigenvalue weighted by Crippen LogP contribution is -2.05. The molecule has 0 amide bonds. The molecule has 94 valence electrons. The molecular weight excluding hydrogens is 242 g/mol. The van der Waals surface area contributed by atoms with Crippen LogP contribution >= 0.6 is 0 Å². The highest BCUT2D eigenvalue weighted by molar-refractivity contribution is 5.84. The summed E-state index contributed by atoms with van der Waals surface area (Å²) in [5.74, 6) is 2.80. The van der Waals surface area contributed by atoms with Crippen molar-refractivity contribution in [2.75, 3.05) is 5.73 Å². The third-order valence-electron chi connectivity index (χ3n) is 2.49. The molecule has 0 fully saturated rings. The predicted molar refractivity (Wildman–Crippen MR) is 70.5 cm³/mol. The van der Waals surface area contributed by atoms with E-state index in [1.165, 1.54) is 6.33 Å². The lowest BCUT2D eigenvalue weighted by Gasteiger charge is -2.08. The molecule has 0 radical (unpaired) electrons. The standard InChI is InChI=1S/C14H11N3O2/c1-2-10-3-5-11(6-4-10)8-19-14-12(7-18)13(15)16-9-17-14/h1,3-7,9H,8H2,(H2,15,16,17). The summed E-state index contributed by atoms with van der Waals surface area (Å²) in [6.07, 6.45) is 7.09. The largest absolute Gasteiger partial charge is 0.472 e. The van der Waals surface area contributed by atoms with Crippen LogP contribution in [0.1, 0.15) is 21.5 Å². The lowest BCUT2D eigenvalue weighted by atomic mass is 10.1. The number of nitrogens with two attached hydrogens (primary N) is 1. The van der Waals surface area contributed by atoms with Crippen molar-refractivity contribution in [1.82, 2.24) is 9.97 Å². The number of aromatic nitrogens is 2. The van der Waals surface area contributed by atoms with Gasteiger partial charge < -0.3 is 10.5 Å². The maximum Gasteiger partial charge on any atom is 0.229 e. The number of aldehydes is 1. The van der Waals surface area contributed by atoms with E-state index < -0.39 is 0 Å². The second-order valence-corrected chi connectivity index (χ2v) is 3.73. The number of benzene rings is 1. The highest BCUT2D eigenvalue weighted by Crippen LogP contribution is 2.18. The van der Waals surface area contributed by atoms with E-state index in [0.717, 1.165) is 11.1 Å². The van der Waals surface area contributed by atoms with Gasteiger partial charge in [-0.15, -0.1) is 6.42 Å². The molecule has 0 aliphatic heterocycles. The number of hydrogen-bond acceptors (Lipinski definition) is 5. The second kappa shape index (κ2) is 5.65. The zero-order valence-corrected chi connectivity index (χ0v) is 10.0. The monoisotopic (exact) mass is 253 g/mol. The average Bonchev–Trinajstić information content (AvgIpc) is 2.45. The van der Waals surface area contributed by atoms with Gasteiger partial charge >= 0.3 is 0 Å². The van der Waals surface area contributed by atoms with E-state index in [2.05, 4.69) is 15.9 Å². The highest BCUT2D eigenvalue weighted by atomic mass is 16.5. The topological polar surface area (TPSA) is 78.1 Å². The van der Waals surface area contributed by atoms with Gasteiger partial charge in [0.05, 0.1) is 0 Å². The quantitative estimate of drug-likeness (QED) is 0.658. The number of anilines is 1. The molecule has 5 nitrogen and oxygen atoms in total. The van der Waals surface area contributed by atoms with Crippen LogP contribution in [0, 0.1) is 12.3 Å². The van der Waals surface area contributed by atoms with E-state index in [9.17, 15) is 4.79 Å². The number of ether oxygens (including phenoxy) is 1. The zero-order valence-electron chi connectivity index (χ0n) is 10.0. The van der Waals surface area contributed by atoms with E-state index in [4.69, 9.17) is 16.9 Å². The van der Waals surface area contributed by atoms with Crippen molar-refractivity contribution in [3.8, 4) is 18.2 Å². The molecule has 0 saturated heterocycles. The summed E-state index contributed by atoms with van der Waals surface area (Å²) in [5, 5.41) is 0. The SMILES string of the molecule is C#Cc1ccc(COc2ncnc(N)c2C=O)cc1. The van der Waals surface area contributed by atoms with Gasteiger partial charge in [0.15, 0.2) is 6.29 Å². The molecule has 0 atom stereocenters. The Hall–Kier alpha value is -2.87. The Labute approximate surface area is 110 Å². The van der Waals surface area contributed by atoms with Crippen LogP contribution in [-0.4, -0.2) is 16.3 Å². The van der Waals surface area contributed by atoms with E-state index >= 15 is 0 Å². The van der Waals surface area contributed by atoms with Gasteiger partial charge in [-0.05, 0) is 17.7 Å². The Morgan fingerprint density at radius 3 is 2.68 bits per heavy atom. The summed E-state index contributed by atoms with van der Waals surface area (Å²) in [6, 6.07) is 7.32. The first-order valence-corrected chi connectivity index (χ1v) is 5.48. The summed E-state index contributed by atoms with van der Waals surface area (Å²) in [4.78, 5) is 18.5. The fraction of sp³-hybridized carbons (Fsp3) is 0.0714. The molecule has 5 heteroatoms. The Morgan fingerprint density at radius 1 is 1.32 bits per heavy atom. The summed E-state index contributed by atoms with van der Waals surface area (Å²) in [5.41, 5.74) is 7.41. The number of carbonyl (C=O) groups excluding carboxylic acids is 1. The number of carbonyl (C=O) groups is 1. The minimum atomic E-state index is 0.0997. The van der Waals surface area contributed by atoms with Crippen LogP contribution in [0.15, 0.2) is 30.6 Å². The predicted octanol–water partition coefficient (Wildman–Crippen LogP) is 1.43. The van der Waals surface area contributed by atoms with Crippen molar-refractivity contribution in [2.45, 2.75) is 6.61 Å². The van der Waals surface area contributed by atoms with E-state index in [-0.39, 0.29) is 23.9 Å². The van der Waals surface area contributed by atoms with Crippen molar-refractivity contribution >= 4 is 12.1 Å².